The third-order valence-electron chi connectivity index (χ3n) is 4.19. The molecule has 0 fully saturated rings. The highest BCUT2D eigenvalue weighted by Crippen LogP contribution is 2.26. The van der Waals surface area contributed by atoms with Crippen molar-refractivity contribution in [1.29, 1.82) is 5.26 Å². The summed E-state index contributed by atoms with van der Waals surface area (Å²) in [6.07, 6.45) is 1.72. The van der Waals surface area contributed by atoms with Gasteiger partial charge in [-0.3, -0.25) is 9.36 Å². The van der Waals surface area contributed by atoms with Gasteiger partial charge < -0.3 is 14.9 Å². The van der Waals surface area contributed by atoms with Gasteiger partial charge in [-0.1, -0.05) is 13.3 Å². The first-order valence-electron chi connectivity index (χ1n) is 9.10. The Balaban J connectivity index is 2.30. The van der Waals surface area contributed by atoms with E-state index in [1.807, 2.05) is 13.0 Å². The Hall–Kier alpha value is -3.51. The molecule has 1 aromatic carbocycles. The average molecular weight is 398 g/mol. The van der Waals surface area contributed by atoms with Gasteiger partial charge in [0.25, 0.3) is 5.56 Å². The summed E-state index contributed by atoms with van der Waals surface area (Å²) in [5.41, 5.74) is 0.0390. The summed E-state index contributed by atoms with van der Waals surface area (Å²) in [6, 6.07) is 8.00. The van der Waals surface area contributed by atoms with Gasteiger partial charge in [0.2, 0.25) is 5.88 Å². The second-order valence-corrected chi connectivity index (χ2v) is 6.20. The smallest absolute Gasteiger partial charge is 0.338 e. The molecule has 152 valence electrons. The van der Waals surface area contributed by atoms with Crippen molar-refractivity contribution in [3.8, 4) is 11.9 Å². The van der Waals surface area contributed by atoms with E-state index in [1.54, 1.807) is 12.1 Å². The molecule has 0 bridgehead atoms. The lowest BCUT2D eigenvalue weighted by atomic mass is 10.1. The molecule has 1 heterocycles. The van der Waals surface area contributed by atoms with Crippen LogP contribution in [0.2, 0.25) is 0 Å². The van der Waals surface area contributed by atoms with Gasteiger partial charge in [0.1, 0.15) is 11.6 Å². The first kappa shape index (κ1) is 21.8. The fraction of sp³-hybridized carbons (Fsp3) is 0.350. The summed E-state index contributed by atoms with van der Waals surface area (Å²) < 4.78 is 6.00. The number of aliphatic hydroxyl groups excluding tert-OH is 1. The van der Waals surface area contributed by atoms with Crippen molar-refractivity contribution < 1.29 is 19.7 Å². The van der Waals surface area contributed by atoms with Gasteiger partial charge in [0.15, 0.2) is 5.69 Å². The van der Waals surface area contributed by atoms with Crippen LogP contribution >= 0.6 is 0 Å². The van der Waals surface area contributed by atoms with E-state index in [-0.39, 0.29) is 23.4 Å². The molecular formula is C20H22N4O5. The van der Waals surface area contributed by atoms with Crippen molar-refractivity contribution >= 4 is 17.3 Å². The number of nitrogens with zero attached hydrogens (tertiary/aromatic N) is 4. The number of hydrogen-bond acceptors (Lipinski definition) is 8. The van der Waals surface area contributed by atoms with E-state index in [4.69, 9.17) is 9.84 Å². The normalized spacial score (nSPS) is 10.8. The zero-order valence-electron chi connectivity index (χ0n) is 16.3. The second kappa shape index (κ2) is 10.1. The van der Waals surface area contributed by atoms with E-state index in [1.165, 1.54) is 19.1 Å². The number of carbonyl (C=O) groups is 1. The minimum atomic E-state index is -0.673. The Morgan fingerprint density at radius 1 is 1.28 bits per heavy atom. The van der Waals surface area contributed by atoms with Crippen molar-refractivity contribution in [2.24, 2.45) is 10.2 Å². The number of aliphatic hydroxyl groups is 1. The van der Waals surface area contributed by atoms with Crippen molar-refractivity contribution in [2.45, 2.75) is 33.2 Å². The van der Waals surface area contributed by atoms with Gasteiger partial charge in [0.05, 0.1) is 31.0 Å². The number of ether oxygens (including phenoxy) is 1. The molecule has 0 aliphatic carbocycles. The molecule has 0 amide bonds. The molecule has 2 aromatic rings. The second-order valence-electron chi connectivity index (χ2n) is 6.20. The van der Waals surface area contributed by atoms with Crippen molar-refractivity contribution in [3.63, 3.8) is 0 Å². The van der Waals surface area contributed by atoms with Crippen molar-refractivity contribution in [3.05, 3.63) is 51.3 Å². The Morgan fingerprint density at radius 3 is 2.55 bits per heavy atom. The number of rotatable bonds is 8. The van der Waals surface area contributed by atoms with E-state index in [9.17, 15) is 20.0 Å². The minimum absolute atomic E-state index is 0.114. The number of aromatic nitrogens is 1. The third-order valence-corrected chi connectivity index (χ3v) is 4.19. The number of unbranched alkanes of at least 4 members (excludes halogenated alkanes) is 1. The zero-order chi connectivity index (χ0) is 21.4. The van der Waals surface area contributed by atoms with E-state index in [0.29, 0.717) is 17.9 Å². The van der Waals surface area contributed by atoms with Gasteiger partial charge in [-0.2, -0.15) is 10.4 Å². The Labute approximate surface area is 167 Å². The van der Waals surface area contributed by atoms with E-state index < -0.39 is 24.0 Å². The molecule has 0 radical (unpaired) electrons. The zero-order valence-corrected chi connectivity index (χ0v) is 16.3. The molecule has 9 nitrogen and oxygen atoms in total. The monoisotopic (exact) mass is 398 g/mol. The molecule has 2 N–H and O–H groups in total. The number of carbonyl (C=O) groups excluding carboxylic acids is 1. The summed E-state index contributed by atoms with van der Waals surface area (Å²) in [5.74, 6) is -0.948. The van der Waals surface area contributed by atoms with Crippen LogP contribution in [0.1, 0.15) is 41.3 Å². The summed E-state index contributed by atoms with van der Waals surface area (Å²) in [6.45, 7) is 3.26. The topological polar surface area (TPSA) is 137 Å². The molecular weight excluding hydrogens is 376 g/mol. The van der Waals surface area contributed by atoms with E-state index in [2.05, 4.69) is 10.2 Å². The number of pyridine rings is 1. The molecule has 9 heteroatoms. The number of azo groups is 1. The fourth-order valence-electron chi connectivity index (χ4n) is 2.53. The Bertz CT molecular complexity index is 1000. The third kappa shape index (κ3) is 5.06. The minimum Gasteiger partial charge on any atom is -0.493 e. The van der Waals surface area contributed by atoms with Crippen LogP contribution in [0, 0.1) is 18.3 Å². The average Bonchev–Trinajstić information content (AvgIpc) is 2.72. The van der Waals surface area contributed by atoms with Crippen LogP contribution in [0.15, 0.2) is 39.3 Å². The van der Waals surface area contributed by atoms with Gasteiger partial charge in [-0.25, -0.2) is 4.79 Å². The molecule has 0 aliphatic rings. The van der Waals surface area contributed by atoms with Crippen molar-refractivity contribution in [2.75, 3.05) is 13.2 Å². The molecule has 2 rings (SSSR count). The first-order valence-corrected chi connectivity index (χ1v) is 9.10. The van der Waals surface area contributed by atoms with Gasteiger partial charge >= 0.3 is 5.97 Å². The summed E-state index contributed by atoms with van der Waals surface area (Å²) >= 11 is 0. The lowest BCUT2D eigenvalue weighted by molar-refractivity contribution is 0.0500. The van der Waals surface area contributed by atoms with E-state index in [0.717, 1.165) is 17.4 Å². The molecule has 0 spiro atoms. The van der Waals surface area contributed by atoms with Crippen molar-refractivity contribution in [1.82, 2.24) is 4.57 Å². The standard InChI is InChI=1S/C20H22N4O5/c1-3-4-11-29-20(28)14-5-7-15(8-6-14)22-23-17-13(2)16(12-21)18(26)24(9-10-25)19(17)27/h5-8,25-26H,3-4,9-11H2,1-2H3. The number of esters is 1. The fourth-order valence-corrected chi connectivity index (χ4v) is 2.53. The van der Waals surface area contributed by atoms with Gasteiger partial charge in [-0.05, 0) is 37.6 Å². The Morgan fingerprint density at radius 2 is 1.97 bits per heavy atom. The van der Waals surface area contributed by atoms with Gasteiger partial charge in [0, 0.05) is 5.56 Å². The quantitative estimate of drug-likeness (QED) is 0.398. The van der Waals surface area contributed by atoms with Crippen LogP contribution in [-0.4, -0.2) is 34.0 Å². The van der Waals surface area contributed by atoms with Gasteiger partial charge in [-0.15, -0.1) is 5.11 Å². The summed E-state index contributed by atoms with van der Waals surface area (Å²) in [5, 5.41) is 36.3. The van der Waals surface area contributed by atoms with E-state index >= 15 is 0 Å². The molecule has 0 aliphatic heterocycles. The maximum absolute atomic E-state index is 12.5. The first-order chi connectivity index (χ1) is 13.9. The number of benzene rings is 1. The predicted octanol–water partition coefficient (Wildman–Crippen LogP) is 3.10. The number of hydrogen-bond donors (Lipinski definition) is 2. The van der Waals surface area contributed by atoms with Crippen LogP contribution in [0.25, 0.3) is 0 Å². The highest BCUT2D eigenvalue weighted by Gasteiger charge is 2.18. The molecule has 0 saturated carbocycles. The predicted molar refractivity (Wildman–Crippen MR) is 105 cm³/mol. The molecule has 0 atom stereocenters. The summed E-state index contributed by atoms with van der Waals surface area (Å²) in [4.78, 5) is 24.4. The lowest BCUT2D eigenvalue weighted by Crippen LogP contribution is -2.23. The maximum atomic E-state index is 12.5. The molecule has 0 unspecified atom stereocenters. The molecule has 29 heavy (non-hydrogen) atoms. The maximum Gasteiger partial charge on any atom is 0.338 e. The van der Waals surface area contributed by atoms with Crippen LogP contribution < -0.4 is 5.56 Å². The summed E-state index contributed by atoms with van der Waals surface area (Å²) in [7, 11) is 0. The van der Waals surface area contributed by atoms with Crippen LogP contribution in [0.5, 0.6) is 5.88 Å². The highest BCUT2D eigenvalue weighted by atomic mass is 16.5. The molecule has 1 aromatic heterocycles. The van der Waals surface area contributed by atoms with Crippen LogP contribution in [-0.2, 0) is 11.3 Å². The largest absolute Gasteiger partial charge is 0.493 e. The highest BCUT2D eigenvalue weighted by molar-refractivity contribution is 5.89. The molecule has 0 saturated heterocycles. The SMILES string of the molecule is CCCCOC(=O)c1ccc(N=Nc2c(C)c(C#N)c(O)n(CCO)c2=O)cc1. The van der Waals surface area contributed by atoms with Crippen LogP contribution in [0.3, 0.4) is 0 Å². The number of aromatic hydroxyl groups is 1. The van der Waals surface area contributed by atoms with Crippen LogP contribution in [0.4, 0.5) is 11.4 Å². The Kier molecular flexibility index (Phi) is 7.62. The number of nitriles is 1. The lowest BCUT2D eigenvalue weighted by Gasteiger charge is -2.11.